The smallest absolute Gasteiger partial charge is 0.0589 e. The van der Waals surface area contributed by atoms with Gasteiger partial charge in [0.25, 0.3) is 0 Å². The molecule has 2 heteroatoms. The second kappa shape index (κ2) is 5.27. The number of nitrogens with one attached hydrogen (secondary N) is 1. The van der Waals surface area contributed by atoms with Crippen LogP contribution in [0.3, 0.4) is 0 Å². The normalized spacial score (nSPS) is 37.8. The van der Waals surface area contributed by atoms with Gasteiger partial charge >= 0.3 is 0 Å². The molecule has 17 heavy (non-hydrogen) atoms. The lowest BCUT2D eigenvalue weighted by molar-refractivity contribution is -0.119. The minimum atomic E-state index is 0.399. The molecule has 0 aromatic rings. The van der Waals surface area contributed by atoms with Crippen LogP contribution in [-0.4, -0.2) is 24.3 Å². The molecule has 0 bridgehead atoms. The molecule has 2 saturated carbocycles. The van der Waals surface area contributed by atoms with Gasteiger partial charge in [-0.25, -0.2) is 0 Å². The van der Waals surface area contributed by atoms with Crippen molar-refractivity contribution in [1.29, 1.82) is 0 Å². The Labute approximate surface area is 107 Å². The van der Waals surface area contributed by atoms with Gasteiger partial charge in [0, 0.05) is 12.1 Å². The highest BCUT2D eigenvalue weighted by atomic mass is 16.5. The van der Waals surface area contributed by atoms with Gasteiger partial charge in [0.2, 0.25) is 0 Å². The highest BCUT2D eigenvalue weighted by molar-refractivity contribution is 4.99. The van der Waals surface area contributed by atoms with Crippen LogP contribution in [0.15, 0.2) is 0 Å². The maximum absolute atomic E-state index is 5.89. The van der Waals surface area contributed by atoms with E-state index in [-0.39, 0.29) is 0 Å². The van der Waals surface area contributed by atoms with E-state index in [1.165, 1.54) is 38.5 Å². The second-order valence-electron chi connectivity index (χ2n) is 6.81. The summed E-state index contributed by atoms with van der Waals surface area (Å²) in [4.78, 5) is 0. The first-order valence-electron chi connectivity index (χ1n) is 7.41. The number of hydrogen-bond donors (Lipinski definition) is 1. The lowest BCUT2D eigenvalue weighted by atomic mass is 9.58. The van der Waals surface area contributed by atoms with Gasteiger partial charge in [-0.05, 0) is 57.8 Å². The average molecular weight is 239 g/mol. The molecule has 1 N–H and O–H groups in total. The van der Waals surface area contributed by atoms with Gasteiger partial charge in [-0.15, -0.1) is 0 Å². The van der Waals surface area contributed by atoms with Crippen LogP contribution < -0.4 is 5.32 Å². The molecular weight excluding hydrogens is 210 g/mol. The molecule has 0 saturated heterocycles. The van der Waals surface area contributed by atoms with Crippen molar-refractivity contribution in [1.82, 2.24) is 5.32 Å². The Kier molecular flexibility index (Phi) is 4.14. The van der Waals surface area contributed by atoms with E-state index >= 15 is 0 Å². The summed E-state index contributed by atoms with van der Waals surface area (Å²) in [6.07, 6.45) is 9.16. The molecular formula is C15H29NO. The van der Waals surface area contributed by atoms with Crippen LogP contribution >= 0.6 is 0 Å². The number of hydrogen-bond acceptors (Lipinski definition) is 2. The zero-order valence-corrected chi connectivity index (χ0v) is 12.0. The standard InChI is InChI=1S/C15H29NO/c1-11(2)16-13-5-7-15(8-6-13)9-14(10-15)17-12(3)4/h11-14,16H,5-10H2,1-4H3. The third-order valence-electron chi connectivity index (χ3n) is 4.40. The van der Waals surface area contributed by atoms with Crippen LogP contribution in [0.4, 0.5) is 0 Å². The zero-order chi connectivity index (χ0) is 12.5. The fraction of sp³-hybridized carbons (Fsp3) is 1.00. The predicted molar refractivity (Wildman–Crippen MR) is 72.2 cm³/mol. The van der Waals surface area contributed by atoms with Crippen molar-refractivity contribution in [2.75, 3.05) is 0 Å². The maximum atomic E-state index is 5.89. The van der Waals surface area contributed by atoms with E-state index in [0.29, 0.717) is 23.7 Å². The lowest BCUT2D eigenvalue weighted by Gasteiger charge is -2.52. The van der Waals surface area contributed by atoms with Crippen LogP contribution in [0.25, 0.3) is 0 Å². The SMILES string of the molecule is CC(C)NC1CCC2(CC1)CC(OC(C)C)C2. The fourth-order valence-corrected chi connectivity index (χ4v) is 3.66. The molecule has 0 unspecified atom stereocenters. The Bertz CT molecular complexity index is 233. The maximum Gasteiger partial charge on any atom is 0.0589 e. The monoisotopic (exact) mass is 239 g/mol. The van der Waals surface area contributed by atoms with Crippen molar-refractivity contribution in [3.63, 3.8) is 0 Å². The molecule has 0 aliphatic heterocycles. The number of ether oxygens (including phenoxy) is 1. The minimum absolute atomic E-state index is 0.399. The Balaban J connectivity index is 1.70. The third-order valence-corrected chi connectivity index (χ3v) is 4.40. The van der Waals surface area contributed by atoms with E-state index in [0.717, 1.165) is 6.04 Å². The molecule has 2 nitrogen and oxygen atoms in total. The molecule has 2 fully saturated rings. The summed E-state index contributed by atoms with van der Waals surface area (Å²) in [5.74, 6) is 0. The Morgan fingerprint density at radius 1 is 1.06 bits per heavy atom. The molecule has 2 rings (SSSR count). The molecule has 2 aliphatic carbocycles. The van der Waals surface area contributed by atoms with Crippen LogP contribution in [0, 0.1) is 5.41 Å². The summed E-state index contributed by atoms with van der Waals surface area (Å²) in [5, 5.41) is 3.68. The molecule has 100 valence electrons. The Morgan fingerprint density at radius 3 is 2.12 bits per heavy atom. The highest BCUT2D eigenvalue weighted by Crippen LogP contribution is 2.52. The van der Waals surface area contributed by atoms with E-state index in [1.807, 2.05) is 0 Å². The minimum Gasteiger partial charge on any atom is -0.376 e. The molecule has 0 aromatic carbocycles. The first-order valence-corrected chi connectivity index (χ1v) is 7.41. The third kappa shape index (κ3) is 3.45. The van der Waals surface area contributed by atoms with Crippen molar-refractivity contribution >= 4 is 0 Å². The van der Waals surface area contributed by atoms with Gasteiger partial charge in [-0.2, -0.15) is 0 Å². The van der Waals surface area contributed by atoms with E-state index in [4.69, 9.17) is 4.74 Å². The molecule has 0 aromatic heterocycles. The summed E-state index contributed by atoms with van der Waals surface area (Å²) in [6.45, 7) is 8.80. The fourth-order valence-electron chi connectivity index (χ4n) is 3.66. The molecule has 2 aliphatic rings. The van der Waals surface area contributed by atoms with Gasteiger partial charge in [0.15, 0.2) is 0 Å². The Morgan fingerprint density at radius 2 is 1.65 bits per heavy atom. The van der Waals surface area contributed by atoms with E-state index in [2.05, 4.69) is 33.0 Å². The molecule has 0 amide bonds. The van der Waals surface area contributed by atoms with Gasteiger partial charge in [0.1, 0.15) is 0 Å². The Hall–Kier alpha value is -0.0800. The summed E-state index contributed by atoms with van der Waals surface area (Å²) in [6, 6.07) is 1.40. The van der Waals surface area contributed by atoms with Crippen molar-refractivity contribution in [3.05, 3.63) is 0 Å². The predicted octanol–water partition coefficient (Wildman–Crippen LogP) is 3.50. The van der Waals surface area contributed by atoms with Gasteiger partial charge in [-0.3, -0.25) is 0 Å². The van der Waals surface area contributed by atoms with Crippen molar-refractivity contribution in [2.45, 2.75) is 90.5 Å². The zero-order valence-electron chi connectivity index (χ0n) is 12.0. The van der Waals surface area contributed by atoms with Gasteiger partial charge in [-0.1, -0.05) is 13.8 Å². The quantitative estimate of drug-likeness (QED) is 0.810. The van der Waals surface area contributed by atoms with Crippen molar-refractivity contribution in [3.8, 4) is 0 Å². The van der Waals surface area contributed by atoms with Crippen LogP contribution in [0.2, 0.25) is 0 Å². The summed E-state index contributed by atoms with van der Waals surface area (Å²) >= 11 is 0. The van der Waals surface area contributed by atoms with Gasteiger partial charge in [0.05, 0.1) is 12.2 Å². The van der Waals surface area contributed by atoms with Crippen LogP contribution in [0.1, 0.15) is 66.2 Å². The van der Waals surface area contributed by atoms with Crippen molar-refractivity contribution < 1.29 is 4.74 Å². The van der Waals surface area contributed by atoms with Gasteiger partial charge < -0.3 is 10.1 Å². The van der Waals surface area contributed by atoms with Crippen LogP contribution in [-0.2, 0) is 4.74 Å². The summed E-state index contributed by atoms with van der Waals surface area (Å²) in [5.41, 5.74) is 0.661. The molecule has 0 atom stereocenters. The highest BCUT2D eigenvalue weighted by Gasteiger charge is 2.46. The first-order chi connectivity index (χ1) is 7.99. The second-order valence-corrected chi connectivity index (χ2v) is 6.81. The lowest BCUT2D eigenvalue weighted by Crippen LogP contribution is -2.48. The van der Waals surface area contributed by atoms with E-state index in [9.17, 15) is 0 Å². The molecule has 0 radical (unpaired) electrons. The topological polar surface area (TPSA) is 21.3 Å². The number of rotatable bonds is 4. The first kappa shape index (κ1) is 13.4. The van der Waals surface area contributed by atoms with Crippen molar-refractivity contribution in [2.24, 2.45) is 5.41 Å². The summed E-state index contributed by atoms with van der Waals surface area (Å²) < 4.78 is 5.89. The summed E-state index contributed by atoms with van der Waals surface area (Å²) in [7, 11) is 0. The molecule has 1 spiro atoms. The average Bonchev–Trinajstić information content (AvgIpc) is 2.17. The largest absolute Gasteiger partial charge is 0.376 e. The van der Waals surface area contributed by atoms with E-state index in [1.54, 1.807) is 0 Å². The molecule has 0 heterocycles. The van der Waals surface area contributed by atoms with E-state index < -0.39 is 0 Å². The van der Waals surface area contributed by atoms with Crippen LogP contribution in [0.5, 0.6) is 0 Å².